The van der Waals surface area contributed by atoms with Crippen LogP contribution in [0.15, 0.2) is 30.5 Å². The standard InChI is InChI=1S/C15H14F3N3O2/c16-15(17,18)11-3-1-2-10(6-11)13-12(7-19-20-13)14(22)21-23-8-9-4-5-9/h1-3,6-7,9H,4-5,8H2,(H,19,20)(H,21,22). The van der Waals surface area contributed by atoms with Gasteiger partial charge in [-0.15, -0.1) is 0 Å². The molecule has 0 bridgehead atoms. The zero-order valence-corrected chi connectivity index (χ0v) is 12.0. The highest BCUT2D eigenvalue weighted by Gasteiger charge is 2.31. The predicted octanol–water partition coefficient (Wildman–Crippen LogP) is 3.17. The summed E-state index contributed by atoms with van der Waals surface area (Å²) in [7, 11) is 0. The second kappa shape index (κ2) is 6.04. The number of alkyl halides is 3. The van der Waals surface area contributed by atoms with Gasteiger partial charge in [0.2, 0.25) is 0 Å². The van der Waals surface area contributed by atoms with Gasteiger partial charge < -0.3 is 0 Å². The monoisotopic (exact) mass is 325 g/mol. The van der Waals surface area contributed by atoms with E-state index in [4.69, 9.17) is 4.84 Å². The van der Waals surface area contributed by atoms with Gasteiger partial charge in [-0.1, -0.05) is 12.1 Å². The third-order valence-electron chi connectivity index (χ3n) is 3.54. The highest BCUT2D eigenvalue weighted by atomic mass is 19.4. The van der Waals surface area contributed by atoms with Crippen molar-refractivity contribution in [1.29, 1.82) is 0 Å². The van der Waals surface area contributed by atoms with Gasteiger partial charge in [0.15, 0.2) is 0 Å². The molecule has 1 aliphatic carbocycles. The Morgan fingerprint density at radius 3 is 2.87 bits per heavy atom. The molecule has 0 spiro atoms. The number of halogens is 3. The number of aromatic amines is 1. The lowest BCUT2D eigenvalue weighted by atomic mass is 10.0. The van der Waals surface area contributed by atoms with E-state index in [1.807, 2.05) is 0 Å². The van der Waals surface area contributed by atoms with E-state index in [-0.39, 0.29) is 16.8 Å². The molecule has 23 heavy (non-hydrogen) atoms. The zero-order chi connectivity index (χ0) is 16.4. The fourth-order valence-corrected chi connectivity index (χ4v) is 2.09. The van der Waals surface area contributed by atoms with Gasteiger partial charge in [0, 0.05) is 5.56 Å². The number of nitrogens with zero attached hydrogens (tertiary/aromatic N) is 1. The highest BCUT2D eigenvalue weighted by molar-refractivity contribution is 5.99. The molecule has 1 saturated carbocycles. The van der Waals surface area contributed by atoms with Crippen LogP contribution in [0.2, 0.25) is 0 Å². The Labute approximate surface area is 129 Å². The first-order valence-electron chi connectivity index (χ1n) is 7.08. The molecule has 2 aromatic rings. The van der Waals surface area contributed by atoms with E-state index in [1.54, 1.807) is 0 Å². The largest absolute Gasteiger partial charge is 0.416 e. The van der Waals surface area contributed by atoms with Gasteiger partial charge in [-0.25, -0.2) is 5.48 Å². The van der Waals surface area contributed by atoms with Crippen LogP contribution < -0.4 is 5.48 Å². The number of carbonyl (C=O) groups excluding carboxylic acids is 1. The molecule has 0 saturated heterocycles. The first kappa shape index (κ1) is 15.5. The van der Waals surface area contributed by atoms with Gasteiger partial charge in [-0.3, -0.25) is 14.7 Å². The van der Waals surface area contributed by atoms with E-state index in [0.717, 1.165) is 25.0 Å². The first-order valence-corrected chi connectivity index (χ1v) is 7.08. The summed E-state index contributed by atoms with van der Waals surface area (Å²) in [5, 5.41) is 6.30. The molecule has 8 heteroatoms. The molecule has 1 heterocycles. The maximum Gasteiger partial charge on any atom is 0.416 e. The third-order valence-corrected chi connectivity index (χ3v) is 3.54. The molecular formula is C15H14F3N3O2. The molecule has 0 radical (unpaired) electrons. The summed E-state index contributed by atoms with van der Waals surface area (Å²) in [6.45, 7) is 0.433. The molecule has 5 nitrogen and oxygen atoms in total. The van der Waals surface area contributed by atoms with Gasteiger partial charge in [0.1, 0.15) is 0 Å². The molecule has 0 aliphatic heterocycles. The number of H-pyrrole nitrogens is 1. The second-order valence-electron chi connectivity index (χ2n) is 5.42. The lowest BCUT2D eigenvalue weighted by Gasteiger charge is -2.09. The summed E-state index contributed by atoms with van der Waals surface area (Å²) >= 11 is 0. The van der Waals surface area contributed by atoms with Crippen molar-refractivity contribution in [3.8, 4) is 11.3 Å². The predicted molar refractivity (Wildman–Crippen MR) is 75.2 cm³/mol. The highest BCUT2D eigenvalue weighted by Crippen LogP contribution is 2.32. The van der Waals surface area contributed by atoms with Crippen LogP contribution in [0.4, 0.5) is 13.2 Å². The molecule has 1 aliphatic rings. The lowest BCUT2D eigenvalue weighted by Crippen LogP contribution is -2.24. The van der Waals surface area contributed by atoms with Gasteiger partial charge >= 0.3 is 6.18 Å². The molecule has 1 aromatic heterocycles. The summed E-state index contributed by atoms with van der Waals surface area (Å²) in [5.41, 5.74) is 2.06. The molecular weight excluding hydrogens is 311 g/mol. The number of carbonyl (C=O) groups is 1. The fraction of sp³-hybridized carbons (Fsp3) is 0.333. The number of amides is 1. The van der Waals surface area contributed by atoms with E-state index in [2.05, 4.69) is 15.7 Å². The Morgan fingerprint density at radius 1 is 1.39 bits per heavy atom. The van der Waals surface area contributed by atoms with Gasteiger partial charge in [0.25, 0.3) is 5.91 Å². The second-order valence-corrected chi connectivity index (χ2v) is 5.42. The lowest BCUT2D eigenvalue weighted by molar-refractivity contribution is -0.137. The van der Waals surface area contributed by atoms with Crippen LogP contribution >= 0.6 is 0 Å². The summed E-state index contributed by atoms with van der Waals surface area (Å²) < 4.78 is 38.4. The van der Waals surface area contributed by atoms with Gasteiger partial charge in [-0.05, 0) is 30.9 Å². The van der Waals surface area contributed by atoms with E-state index in [1.165, 1.54) is 18.3 Å². The summed E-state index contributed by atoms with van der Waals surface area (Å²) in [4.78, 5) is 17.2. The molecule has 0 atom stereocenters. The number of hydroxylamine groups is 1. The minimum absolute atomic E-state index is 0.125. The molecule has 1 amide bonds. The van der Waals surface area contributed by atoms with Crippen molar-refractivity contribution in [2.45, 2.75) is 19.0 Å². The van der Waals surface area contributed by atoms with E-state index < -0.39 is 17.6 Å². The van der Waals surface area contributed by atoms with Crippen molar-refractivity contribution in [1.82, 2.24) is 15.7 Å². The SMILES string of the molecule is O=C(NOCC1CC1)c1cn[nH]c1-c1cccc(C(F)(F)F)c1. The number of benzene rings is 1. The van der Waals surface area contributed by atoms with Crippen LogP contribution in [-0.2, 0) is 11.0 Å². The molecule has 122 valence electrons. The third kappa shape index (κ3) is 3.70. The maximum atomic E-state index is 12.8. The molecule has 1 aromatic carbocycles. The number of hydrogen-bond acceptors (Lipinski definition) is 3. The van der Waals surface area contributed by atoms with E-state index >= 15 is 0 Å². The molecule has 2 N–H and O–H groups in total. The van der Waals surface area contributed by atoms with Crippen molar-refractivity contribution in [2.75, 3.05) is 6.61 Å². The van der Waals surface area contributed by atoms with Crippen LogP contribution in [0, 0.1) is 5.92 Å². The minimum Gasteiger partial charge on any atom is -0.277 e. The molecule has 0 unspecified atom stereocenters. The first-order chi connectivity index (χ1) is 10.9. The van der Waals surface area contributed by atoms with E-state index in [0.29, 0.717) is 12.5 Å². The minimum atomic E-state index is -4.45. The smallest absolute Gasteiger partial charge is 0.277 e. The van der Waals surface area contributed by atoms with Crippen LogP contribution in [0.1, 0.15) is 28.8 Å². The maximum absolute atomic E-state index is 12.8. The van der Waals surface area contributed by atoms with Gasteiger partial charge in [-0.2, -0.15) is 18.3 Å². The fourth-order valence-electron chi connectivity index (χ4n) is 2.09. The number of aromatic nitrogens is 2. The average Bonchev–Trinajstić information content (AvgIpc) is 3.20. The normalized spacial score (nSPS) is 14.7. The number of hydrogen-bond donors (Lipinski definition) is 2. The van der Waals surface area contributed by atoms with Crippen molar-refractivity contribution < 1.29 is 22.8 Å². The van der Waals surface area contributed by atoms with Crippen LogP contribution in [0.5, 0.6) is 0 Å². The van der Waals surface area contributed by atoms with Crippen LogP contribution in [0.3, 0.4) is 0 Å². The average molecular weight is 325 g/mol. The van der Waals surface area contributed by atoms with Crippen molar-refractivity contribution >= 4 is 5.91 Å². The Kier molecular flexibility index (Phi) is 4.08. The quantitative estimate of drug-likeness (QED) is 0.830. The summed E-state index contributed by atoms with van der Waals surface area (Å²) in [6.07, 6.45) is -1.04. The Bertz CT molecular complexity index is 708. The number of rotatable bonds is 5. The topological polar surface area (TPSA) is 67.0 Å². The van der Waals surface area contributed by atoms with Gasteiger partial charge in [0.05, 0.1) is 29.6 Å². The Hall–Kier alpha value is -2.35. The number of nitrogens with one attached hydrogen (secondary N) is 2. The molecule has 1 fully saturated rings. The molecule has 3 rings (SSSR count). The van der Waals surface area contributed by atoms with Crippen LogP contribution in [0.25, 0.3) is 11.3 Å². The summed E-state index contributed by atoms with van der Waals surface area (Å²) in [6, 6.07) is 4.70. The Morgan fingerprint density at radius 2 is 2.17 bits per heavy atom. The van der Waals surface area contributed by atoms with Crippen molar-refractivity contribution in [3.63, 3.8) is 0 Å². The van der Waals surface area contributed by atoms with Crippen molar-refractivity contribution in [3.05, 3.63) is 41.6 Å². The summed E-state index contributed by atoms with van der Waals surface area (Å²) in [5.74, 6) is -0.0746. The van der Waals surface area contributed by atoms with Crippen LogP contribution in [-0.4, -0.2) is 22.7 Å². The van der Waals surface area contributed by atoms with E-state index in [9.17, 15) is 18.0 Å². The Balaban J connectivity index is 1.78. The zero-order valence-electron chi connectivity index (χ0n) is 12.0. The van der Waals surface area contributed by atoms with Crippen molar-refractivity contribution in [2.24, 2.45) is 5.92 Å².